The number of hydrogen-bond acceptors (Lipinski definition) is 7. The van der Waals surface area contributed by atoms with Crippen molar-refractivity contribution in [3.8, 4) is 0 Å². The number of carbonyl (C=O) groups is 1. The fourth-order valence-corrected chi connectivity index (χ4v) is 2.95. The Balaban J connectivity index is 2.01. The van der Waals surface area contributed by atoms with Gasteiger partial charge in [-0.2, -0.15) is 4.98 Å². The summed E-state index contributed by atoms with van der Waals surface area (Å²) < 4.78 is 29.2. The summed E-state index contributed by atoms with van der Waals surface area (Å²) >= 11 is 0. The zero-order valence-electron chi connectivity index (χ0n) is 12.9. The van der Waals surface area contributed by atoms with Crippen LogP contribution in [-0.4, -0.2) is 56.6 Å². The van der Waals surface area contributed by atoms with Crippen LogP contribution >= 0.6 is 0 Å². The van der Waals surface area contributed by atoms with Crippen molar-refractivity contribution in [1.29, 1.82) is 0 Å². The Morgan fingerprint density at radius 3 is 2.61 bits per heavy atom. The molecule has 23 heavy (non-hydrogen) atoms. The van der Waals surface area contributed by atoms with Gasteiger partial charge in [0.25, 0.3) is 0 Å². The topological polar surface area (TPSA) is 105 Å². The second-order valence-corrected chi connectivity index (χ2v) is 7.14. The second kappa shape index (κ2) is 7.34. The first-order valence-corrected chi connectivity index (χ1v) is 8.57. The quantitative estimate of drug-likeness (QED) is 0.776. The van der Waals surface area contributed by atoms with Crippen molar-refractivity contribution in [2.24, 2.45) is 0 Å². The number of hydrogen-bond donors (Lipinski definition) is 1. The monoisotopic (exact) mass is 338 g/mol. The normalized spacial score (nSPS) is 11.6. The maximum absolute atomic E-state index is 12.2. The van der Waals surface area contributed by atoms with Crippen LogP contribution in [0.15, 0.2) is 39.8 Å². The first-order valence-electron chi connectivity index (χ1n) is 6.92. The van der Waals surface area contributed by atoms with Crippen LogP contribution in [0, 0.1) is 0 Å². The molecule has 0 aliphatic rings. The maximum atomic E-state index is 12.2. The first kappa shape index (κ1) is 17.1. The van der Waals surface area contributed by atoms with Crippen LogP contribution in [-0.2, 0) is 15.6 Å². The third-order valence-corrected chi connectivity index (χ3v) is 4.56. The minimum atomic E-state index is -3.58. The molecule has 0 saturated carbocycles. The standard InChI is InChI=1S/C14H18N4O4S/c1-18(2)9-8-15-13(19)14-16-12(17-22-14)10-23(20,21)11-6-4-3-5-7-11/h3-7H,8-10H2,1-2H3,(H,15,19). The molecule has 1 heterocycles. The Labute approximate surface area is 134 Å². The molecule has 0 saturated heterocycles. The summed E-state index contributed by atoms with van der Waals surface area (Å²) in [5, 5.41) is 6.17. The number of nitrogens with one attached hydrogen (secondary N) is 1. The summed E-state index contributed by atoms with van der Waals surface area (Å²) in [7, 11) is 0.183. The molecule has 124 valence electrons. The zero-order chi connectivity index (χ0) is 16.9. The minimum absolute atomic E-state index is 0.0494. The van der Waals surface area contributed by atoms with E-state index in [1.54, 1.807) is 18.2 Å². The molecule has 2 aromatic rings. The summed E-state index contributed by atoms with van der Waals surface area (Å²) in [6.45, 7) is 1.08. The number of likely N-dealkylation sites (N-methyl/N-ethyl adjacent to an activating group) is 1. The highest BCUT2D eigenvalue weighted by Crippen LogP contribution is 2.14. The molecule has 0 radical (unpaired) electrons. The molecule has 1 aromatic heterocycles. The van der Waals surface area contributed by atoms with E-state index in [0.717, 1.165) is 0 Å². The van der Waals surface area contributed by atoms with Gasteiger partial charge in [0.1, 0.15) is 5.75 Å². The Morgan fingerprint density at radius 1 is 1.26 bits per heavy atom. The second-order valence-electron chi connectivity index (χ2n) is 5.15. The van der Waals surface area contributed by atoms with Gasteiger partial charge in [0.2, 0.25) is 0 Å². The molecule has 0 bridgehead atoms. The SMILES string of the molecule is CN(C)CCNC(=O)c1nc(CS(=O)(=O)c2ccccc2)no1. The largest absolute Gasteiger partial charge is 0.347 e. The Kier molecular flexibility index (Phi) is 5.45. The lowest BCUT2D eigenvalue weighted by Gasteiger charge is -2.08. The zero-order valence-corrected chi connectivity index (χ0v) is 13.7. The number of sulfone groups is 1. The summed E-state index contributed by atoms with van der Waals surface area (Å²) in [4.78, 5) is 17.7. The van der Waals surface area contributed by atoms with Crippen molar-refractivity contribution < 1.29 is 17.7 Å². The Bertz CT molecular complexity index is 756. The van der Waals surface area contributed by atoms with Gasteiger partial charge in [-0.15, -0.1) is 0 Å². The summed E-state index contributed by atoms with van der Waals surface area (Å²) in [5.41, 5.74) is 0. The predicted octanol–water partition coefficient (Wildman–Crippen LogP) is 0.335. The van der Waals surface area contributed by atoms with E-state index in [4.69, 9.17) is 4.52 Å². The van der Waals surface area contributed by atoms with Gasteiger partial charge >= 0.3 is 11.8 Å². The van der Waals surface area contributed by atoms with Crippen molar-refractivity contribution >= 4 is 15.7 Å². The van der Waals surface area contributed by atoms with Gasteiger partial charge in [0.05, 0.1) is 4.90 Å². The third kappa shape index (κ3) is 4.86. The molecule has 2 rings (SSSR count). The highest BCUT2D eigenvalue weighted by atomic mass is 32.2. The van der Waals surface area contributed by atoms with Gasteiger partial charge in [-0.1, -0.05) is 23.4 Å². The molecule has 0 aliphatic heterocycles. The maximum Gasteiger partial charge on any atom is 0.315 e. The lowest BCUT2D eigenvalue weighted by molar-refractivity contribution is 0.0907. The summed E-state index contributed by atoms with van der Waals surface area (Å²) in [6.07, 6.45) is 0. The first-order chi connectivity index (χ1) is 10.9. The molecule has 0 spiro atoms. The van der Waals surface area contributed by atoms with Crippen molar-refractivity contribution in [3.05, 3.63) is 42.0 Å². The fraction of sp³-hybridized carbons (Fsp3) is 0.357. The fourth-order valence-electron chi connectivity index (χ4n) is 1.75. The van der Waals surface area contributed by atoms with Crippen LogP contribution in [0.1, 0.15) is 16.5 Å². The molecule has 9 heteroatoms. The van der Waals surface area contributed by atoms with Crippen molar-refractivity contribution in [1.82, 2.24) is 20.4 Å². The van der Waals surface area contributed by atoms with Crippen molar-refractivity contribution in [2.45, 2.75) is 10.6 Å². The van der Waals surface area contributed by atoms with Gasteiger partial charge in [0, 0.05) is 13.1 Å². The third-order valence-electron chi connectivity index (χ3n) is 2.93. The van der Waals surface area contributed by atoms with E-state index in [1.807, 2.05) is 19.0 Å². The van der Waals surface area contributed by atoms with Crippen LogP contribution in [0.5, 0.6) is 0 Å². The van der Waals surface area contributed by atoms with E-state index in [0.29, 0.717) is 13.1 Å². The Hall–Kier alpha value is -2.26. The molecule has 1 amide bonds. The van der Waals surface area contributed by atoms with E-state index in [9.17, 15) is 13.2 Å². The van der Waals surface area contributed by atoms with Crippen LogP contribution in [0.3, 0.4) is 0 Å². The highest BCUT2D eigenvalue weighted by molar-refractivity contribution is 7.90. The van der Waals surface area contributed by atoms with E-state index >= 15 is 0 Å². The number of nitrogens with zero attached hydrogens (tertiary/aromatic N) is 3. The predicted molar refractivity (Wildman–Crippen MR) is 82.5 cm³/mol. The molecular formula is C14H18N4O4S. The van der Waals surface area contributed by atoms with Crippen LogP contribution in [0.25, 0.3) is 0 Å². The van der Waals surface area contributed by atoms with Gasteiger partial charge in [0.15, 0.2) is 15.7 Å². The molecule has 0 fully saturated rings. The van der Waals surface area contributed by atoms with Crippen molar-refractivity contribution in [2.75, 3.05) is 27.2 Å². The average Bonchev–Trinajstić information content (AvgIpc) is 2.95. The lowest BCUT2D eigenvalue weighted by atomic mass is 10.4. The van der Waals surface area contributed by atoms with Crippen LogP contribution < -0.4 is 5.32 Å². The smallest absolute Gasteiger partial charge is 0.315 e. The number of benzene rings is 1. The van der Waals surface area contributed by atoms with E-state index in [1.165, 1.54) is 12.1 Å². The molecular weight excluding hydrogens is 320 g/mol. The lowest BCUT2D eigenvalue weighted by Crippen LogP contribution is -2.31. The summed E-state index contributed by atoms with van der Waals surface area (Å²) in [6, 6.07) is 7.97. The highest BCUT2D eigenvalue weighted by Gasteiger charge is 2.21. The van der Waals surface area contributed by atoms with E-state index in [2.05, 4.69) is 15.5 Å². The van der Waals surface area contributed by atoms with Crippen LogP contribution in [0.4, 0.5) is 0 Å². The minimum Gasteiger partial charge on any atom is -0.347 e. The molecule has 0 unspecified atom stereocenters. The molecule has 1 N–H and O–H groups in total. The van der Waals surface area contributed by atoms with E-state index < -0.39 is 21.5 Å². The van der Waals surface area contributed by atoms with Crippen molar-refractivity contribution in [3.63, 3.8) is 0 Å². The van der Waals surface area contributed by atoms with Gasteiger partial charge < -0.3 is 14.7 Å². The van der Waals surface area contributed by atoms with E-state index in [-0.39, 0.29) is 16.6 Å². The number of aromatic nitrogens is 2. The molecule has 8 nitrogen and oxygen atoms in total. The molecule has 0 aliphatic carbocycles. The Morgan fingerprint density at radius 2 is 1.96 bits per heavy atom. The summed E-state index contributed by atoms with van der Waals surface area (Å²) in [5.74, 6) is -1.25. The van der Waals surface area contributed by atoms with Crippen LogP contribution in [0.2, 0.25) is 0 Å². The van der Waals surface area contributed by atoms with Gasteiger partial charge in [-0.25, -0.2) is 8.42 Å². The number of rotatable bonds is 7. The number of amides is 1. The molecule has 0 atom stereocenters. The number of carbonyl (C=O) groups excluding carboxylic acids is 1. The average molecular weight is 338 g/mol. The van der Waals surface area contributed by atoms with Gasteiger partial charge in [-0.3, -0.25) is 4.79 Å². The molecule has 1 aromatic carbocycles. The van der Waals surface area contributed by atoms with Gasteiger partial charge in [-0.05, 0) is 26.2 Å².